The van der Waals surface area contributed by atoms with Gasteiger partial charge in [-0.1, -0.05) is 30.3 Å². The number of fused-ring (bicyclic) bond motifs is 2. The second-order valence-corrected chi connectivity index (χ2v) is 12.7. The molecular formula is C34H30N8O4S. The number of H-pyrrole nitrogens is 1. The molecule has 4 aromatic heterocycles. The van der Waals surface area contributed by atoms with Crippen molar-refractivity contribution in [1.82, 2.24) is 29.1 Å². The van der Waals surface area contributed by atoms with E-state index in [-0.39, 0.29) is 10.5 Å². The normalized spacial score (nSPS) is 12.3. The van der Waals surface area contributed by atoms with Crippen LogP contribution in [0.2, 0.25) is 0 Å². The molecule has 0 radical (unpaired) electrons. The molecule has 0 saturated heterocycles. The van der Waals surface area contributed by atoms with E-state index in [9.17, 15) is 13.2 Å². The number of anilines is 2. The maximum Gasteiger partial charge on any atom is 0.282 e. The molecule has 7 aromatic rings. The Kier molecular flexibility index (Phi) is 7.45. The molecule has 0 bridgehead atoms. The first kappa shape index (κ1) is 29.7. The zero-order valence-electron chi connectivity index (χ0n) is 25.7. The molecule has 0 aliphatic heterocycles. The Labute approximate surface area is 269 Å². The highest BCUT2D eigenvalue weighted by atomic mass is 32.2. The third-order valence-corrected chi connectivity index (χ3v) is 9.33. The van der Waals surface area contributed by atoms with E-state index in [1.807, 2.05) is 56.3 Å². The maximum atomic E-state index is 13.8. The number of aromatic nitrogens is 6. The summed E-state index contributed by atoms with van der Waals surface area (Å²) in [6, 6.07) is 24.1. The van der Waals surface area contributed by atoms with Crippen LogP contribution < -0.4 is 20.3 Å². The largest absolute Gasteiger partial charge is 0.497 e. The van der Waals surface area contributed by atoms with Gasteiger partial charge in [-0.15, -0.1) is 0 Å². The zero-order valence-corrected chi connectivity index (χ0v) is 26.5. The van der Waals surface area contributed by atoms with Gasteiger partial charge in [0.25, 0.3) is 15.6 Å². The molecule has 7 rings (SSSR count). The molecule has 0 aliphatic rings. The fourth-order valence-electron chi connectivity index (χ4n) is 5.63. The predicted molar refractivity (Wildman–Crippen MR) is 181 cm³/mol. The smallest absolute Gasteiger partial charge is 0.282 e. The van der Waals surface area contributed by atoms with Gasteiger partial charge >= 0.3 is 0 Å². The highest BCUT2D eigenvalue weighted by molar-refractivity contribution is 7.92. The molecule has 3 N–H and O–H groups in total. The fraction of sp³-hybridized carbons (Fsp3) is 0.118. The van der Waals surface area contributed by atoms with Gasteiger partial charge in [0.1, 0.15) is 29.1 Å². The molecule has 1 unspecified atom stereocenters. The third-order valence-electron chi connectivity index (χ3n) is 7.93. The van der Waals surface area contributed by atoms with Crippen molar-refractivity contribution in [2.24, 2.45) is 0 Å². The molecule has 4 heterocycles. The van der Waals surface area contributed by atoms with Gasteiger partial charge in [-0.05, 0) is 79.6 Å². The van der Waals surface area contributed by atoms with Crippen molar-refractivity contribution >= 4 is 38.1 Å². The summed E-state index contributed by atoms with van der Waals surface area (Å²) < 4.78 is 37.3. The third kappa shape index (κ3) is 5.46. The predicted octanol–water partition coefficient (Wildman–Crippen LogP) is 5.71. The minimum absolute atomic E-state index is 0.112. The highest BCUT2D eigenvalue weighted by Gasteiger charge is 2.22. The summed E-state index contributed by atoms with van der Waals surface area (Å²) in [7, 11) is -2.33. The Bertz CT molecular complexity index is 2420. The molecule has 0 saturated carbocycles. The standard InChI is InChI=1S/C34H30N8O4S/c1-21-16-17-41-30(21)34(43)42(25-10-5-4-6-11-25)33(39-41)22(2)38-32-29-28(19-35-31(29)36-20-37-32)23-8-7-9-24(18-23)40-47(44,45)27-14-12-26(46-3)13-15-27/h4-20,22,40H,1-3H3,(H2,35,36,37,38). The number of hydrogen-bond donors (Lipinski definition) is 3. The van der Waals surface area contributed by atoms with Crippen LogP contribution in [0.15, 0.2) is 113 Å². The van der Waals surface area contributed by atoms with Crippen LogP contribution in [0.4, 0.5) is 11.5 Å². The Balaban J connectivity index is 1.26. The van der Waals surface area contributed by atoms with Crippen molar-refractivity contribution in [1.29, 1.82) is 0 Å². The van der Waals surface area contributed by atoms with E-state index in [0.29, 0.717) is 45.3 Å². The molecule has 1 atom stereocenters. The lowest BCUT2D eigenvalue weighted by atomic mass is 10.1. The average Bonchev–Trinajstić information content (AvgIpc) is 3.69. The summed E-state index contributed by atoms with van der Waals surface area (Å²) in [6.07, 6.45) is 5.03. The number of hydrogen-bond acceptors (Lipinski definition) is 8. The van der Waals surface area contributed by atoms with Crippen molar-refractivity contribution in [3.05, 3.63) is 125 Å². The quantitative estimate of drug-likeness (QED) is 0.181. The molecule has 236 valence electrons. The SMILES string of the molecule is COc1ccc(S(=O)(=O)Nc2cccc(-c3c[nH]c4ncnc(NC(C)c5nn6ccc(C)c6c(=O)n5-c5ccccc5)c34)c2)cc1. The number of ether oxygens (including phenoxy) is 1. The van der Waals surface area contributed by atoms with Crippen LogP contribution in [0.5, 0.6) is 5.75 Å². The lowest BCUT2D eigenvalue weighted by Crippen LogP contribution is -2.29. The molecule has 0 spiro atoms. The molecule has 0 amide bonds. The van der Waals surface area contributed by atoms with E-state index in [1.54, 1.807) is 51.8 Å². The van der Waals surface area contributed by atoms with Crippen LogP contribution in [-0.4, -0.2) is 44.7 Å². The number of methoxy groups -OCH3 is 1. The lowest BCUT2D eigenvalue weighted by molar-refractivity contribution is 0.414. The van der Waals surface area contributed by atoms with Crippen molar-refractivity contribution < 1.29 is 13.2 Å². The van der Waals surface area contributed by atoms with Gasteiger partial charge in [-0.2, -0.15) is 5.10 Å². The van der Waals surface area contributed by atoms with Crippen LogP contribution in [0.25, 0.3) is 33.4 Å². The Hall–Kier alpha value is -5.95. The first-order valence-electron chi connectivity index (χ1n) is 14.8. The topological polar surface area (TPSA) is 148 Å². The fourth-order valence-corrected chi connectivity index (χ4v) is 6.68. The van der Waals surface area contributed by atoms with Crippen molar-refractivity contribution in [3.63, 3.8) is 0 Å². The number of nitrogens with one attached hydrogen (secondary N) is 3. The lowest BCUT2D eigenvalue weighted by Gasteiger charge is -2.20. The molecule has 0 fully saturated rings. The first-order valence-corrected chi connectivity index (χ1v) is 16.2. The number of aromatic amines is 1. The summed E-state index contributed by atoms with van der Waals surface area (Å²) in [6.45, 7) is 3.80. The average molecular weight is 647 g/mol. The van der Waals surface area contributed by atoms with Crippen LogP contribution in [-0.2, 0) is 10.0 Å². The Morgan fingerprint density at radius 3 is 2.51 bits per heavy atom. The number of sulfonamides is 1. The summed E-state index contributed by atoms with van der Waals surface area (Å²) in [4.78, 5) is 26.1. The van der Waals surface area contributed by atoms with Gasteiger partial charge in [0.2, 0.25) is 0 Å². The second-order valence-electron chi connectivity index (χ2n) is 11.0. The first-order chi connectivity index (χ1) is 22.7. The van der Waals surface area contributed by atoms with Crippen molar-refractivity contribution in [2.75, 3.05) is 17.1 Å². The zero-order chi connectivity index (χ0) is 32.7. The van der Waals surface area contributed by atoms with E-state index >= 15 is 0 Å². The highest BCUT2D eigenvalue weighted by Crippen LogP contribution is 2.35. The maximum absolute atomic E-state index is 13.8. The van der Waals surface area contributed by atoms with Gasteiger partial charge in [-0.25, -0.2) is 22.9 Å². The molecular weight excluding hydrogens is 616 g/mol. The molecule has 3 aromatic carbocycles. The number of nitrogens with zero attached hydrogens (tertiary/aromatic N) is 5. The minimum Gasteiger partial charge on any atom is -0.497 e. The monoisotopic (exact) mass is 646 g/mol. The minimum atomic E-state index is -3.85. The van der Waals surface area contributed by atoms with Gasteiger partial charge in [0.15, 0.2) is 5.82 Å². The van der Waals surface area contributed by atoms with Crippen LogP contribution in [0.1, 0.15) is 24.4 Å². The van der Waals surface area contributed by atoms with Crippen molar-refractivity contribution in [3.8, 4) is 22.6 Å². The Morgan fingerprint density at radius 2 is 1.74 bits per heavy atom. The van der Waals surface area contributed by atoms with Gasteiger partial charge in [-0.3, -0.25) is 14.1 Å². The van der Waals surface area contributed by atoms with Gasteiger partial charge < -0.3 is 15.0 Å². The second kappa shape index (κ2) is 11.8. The summed E-state index contributed by atoms with van der Waals surface area (Å²) >= 11 is 0. The molecule has 0 aliphatic carbocycles. The van der Waals surface area contributed by atoms with E-state index in [2.05, 4.69) is 25.0 Å². The van der Waals surface area contributed by atoms with Gasteiger partial charge in [0, 0.05) is 23.6 Å². The van der Waals surface area contributed by atoms with Gasteiger partial charge in [0.05, 0.1) is 29.1 Å². The van der Waals surface area contributed by atoms with E-state index < -0.39 is 16.1 Å². The summed E-state index contributed by atoms with van der Waals surface area (Å²) in [5.41, 5.74) is 4.32. The van der Waals surface area contributed by atoms with Crippen LogP contribution in [0, 0.1) is 6.92 Å². The number of benzene rings is 3. The Morgan fingerprint density at radius 1 is 0.957 bits per heavy atom. The van der Waals surface area contributed by atoms with E-state index in [0.717, 1.165) is 16.7 Å². The summed E-state index contributed by atoms with van der Waals surface area (Å²) in [5.74, 6) is 1.56. The van der Waals surface area contributed by atoms with E-state index in [4.69, 9.17) is 9.84 Å². The van der Waals surface area contributed by atoms with Crippen molar-refractivity contribution in [2.45, 2.75) is 24.8 Å². The number of rotatable bonds is 9. The van der Waals surface area contributed by atoms with E-state index in [1.165, 1.54) is 25.6 Å². The molecule has 12 nitrogen and oxygen atoms in total. The number of para-hydroxylation sites is 1. The summed E-state index contributed by atoms with van der Waals surface area (Å²) in [5, 5.41) is 9.01. The number of aryl methyl sites for hydroxylation is 1. The molecule has 13 heteroatoms. The van der Waals surface area contributed by atoms with Crippen LogP contribution >= 0.6 is 0 Å². The van der Waals surface area contributed by atoms with Crippen LogP contribution in [0.3, 0.4) is 0 Å². The molecule has 47 heavy (non-hydrogen) atoms.